The number of benzene rings is 1. The van der Waals surface area contributed by atoms with Gasteiger partial charge in [-0.15, -0.1) is 0 Å². The molecule has 168 valence electrons. The molecule has 4 rings (SSSR count). The standard InChI is InChI=1S/C27H40F2O/c1-3-4-19-6-11-24-16-23(13-12-22(24)15-19)21-9-7-20(8-10-21)17-30-25-14-5-18(2)26(28)27(25)29/h5,14,19-24H,3-4,6-13,15-17H2,1-2H3. The van der Waals surface area contributed by atoms with E-state index in [0.717, 1.165) is 29.6 Å². The fourth-order valence-corrected chi connectivity index (χ4v) is 6.89. The lowest BCUT2D eigenvalue weighted by Crippen LogP contribution is -2.35. The maximum Gasteiger partial charge on any atom is 0.200 e. The van der Waals surface area contributed by atoms with E-state index in [1.165, 1.54) is 77.0 Å². The fourth-order valence-electron chi connectivity index (χ4n) is 6.89. The summed E-state index contributed by atoms with van der Waals surface area (Å²) in [7, 11) is 0. The Morgan fingerprint density at radius 3 is 2.10 bits per heavy atom. The molecule has 1 aromatic rings. The molecule has 30 heavy (non-hydrogen) atoms. The molecule has 4 atom stereocenters. The molecule has 0 amide bonds. The van der Waals surface area contributed by atoms with E-state index in [-0.39, 0.29) is 5.75 Å². The number of aryl methyl sites for hydroxylation is 1. The van der Waals surface area contributed by atoms with Crippen molar-refractivity contribution < 1.29 is 13.5 Å². The number of hydrogen-bond acceptors (Lipinski definition) is 1. The molecule has 3 heteroatoms. The molecule has 1 nitrogen and oxygen atoms in total. The van der Waals surface area contributed by atoms with Crippen molar-refractivity contribution in [3.8, 4) is 5.75 Å². The van der Waals surface area contributed by atoms with Crippen molar-refractivity contribution in [2.45, 2.75) is 90.9 Å². The van der Waals surface area contributed by atoms with Crippen LogP contribution in [0.5, 0.6) is 5.75 Å². The van der Waals surface area contributed by atoms with Crippen LogP contribution in [0.25, 0.3) is 0 Å². The Balaban J connectivity index is 1.21. The molecule has 3 saturated carbocycles. The van der Waals surface area contributed by atoms with Gasteiger partial charge in [-0.2, -0.15) is 4.39 Å². The SMILES string of the molecule is CCCC1CCC2CC(C3CCC(COc4ccc(C)c(F)c4F)CC3)CCC2C1. The van der Waals surface area contributed by atoms with Gasteiger partial charge in [-0.25, -0.2) is 4.39 Å². The topological polar surface area (TPSA) is 9.23 Å². The second-order valence-electron chi connectivity index (χ2n) is 10.7. The smallest absolute Gasteiger partial charge is 0.200 e. The van der Waals surface area contributed by atoms with E-state index in [4.69, 9.17) is 4.74 Å². The monoisotopic (exact) mass is 418 g/mol. The highest BCUT2D eigenvalue weighted by molar-refractivity contribution is 5.30. The molecular weight excluding hydrogens is 378 g/mol. The van der Waals surface area contributed by atoms with Gasteiger partial charge in [0, 0.05) is 0 Å². The Morgan fingerprint density at radius 1 is 0.767 bits per heavy atom. The van der Waals surface area contributed by atoms with Gasteiger partial charge in [0.05, 0.1) is 6.61 Å². The van der Waals surface area contributed by atoms with Crippen LogP contribution in [0.1, 0.15) is 89.5 Å². The van der Waals surface area contributed by atoms with Crippen molar-refractivity contribution in [1.29, 1.82) is 0 Å². The van der Waals surface area contributed by atoms with E-state index in [0.29, 0.717) is 18.1 Å². The quantitative estimate of drug-likeness (QED) is 0.453. The van der Waals surface area contributed by atoms with Gasteiger partial charge in [-0.3, -0.25) is 0 Å². The summed E-state index contributed by atoms with van der Waals surface area (Å²) in [4.78, 5) is 0. The Hall–Kier alpha value is -1.12. The summed E-state index contributed by atoms with van der Waals surface area (Å²) >= 11 is 0. The number of ether oxygens (including phenoxy) is 1. The summed E-state index contributed by atoms with van der Waals surface area (Å²) < 4.78 is 33.4. The van der Waals surface area contributed by atoms with Gasteiger partial charge < -0.3 is 4.74 Å². The molecule has 3 fully saturated rings. The predicted octanol–water partition coefficient (Wildman–Crippen LogP) is 8.09. The van der Waals surface area contributed by atoms with Crippen molar-refractivity contribution in [2.24, 2.45) is 35.5 Å². The van der Waals surface area contributed by atoms with Gasteiger partial charge >= 0.3 is 0 Å². The molecule has 0 bridgehead atoms. The molecule has 0 N–H and O–H groups in total. The lowest BCUT2D eigenvalue weighted by atomic mass is 9.60. The Bertz CT molecular complexity index is 694. The predicted molar refractivity (Wildman–Crippen MR) is 119 cm³/mol. The molecule has 0 spiro atoms. The maximum absolute atomic E-state index is 14.0. The minimum Gasteiger partial charge on any atom is -0.490 e. The molecular formula is C27H40F2O. The normalized spacial score (nSPS) is 34.4. The van der Waals surface area contributed by atoms with Gasteiger partial charge in [-0.05, 0) is 112 Å². The van der Waals surface area contributed by atoms with Crippen LogP contribution < -0.4 is 4.74 Å². The summed E-state index contributed by atoms with van der Waals surface area (Å²) in [6, 6.07) is 3.16. The van der Waals surface area contributed by atoms with Gasteiger partial charge in [0.15, 0.2) is 11.6 Å². The second-order valence-corrected chi connectivity index (χ2v) is 10.7. The summed E-state index contributed by atoms with van der Waals surface area (Å²) in [5.41, 5.74) is 0.328. The largest absolute Gasteiger partial charge is 0.490 e. The maximum atomic E-state index is 14.0. The van der Waals surface area contributed by atoms with E-state index in [1.54, 1.807) is 19.1 Å². The average molecular weight is 419 g/mol. The number of fused-ring (bicyclic) bond motifs is 1. The van der Waals surface area contributed by atoms with Crippen molar-refractivity contribution in [3.63, 3.8) is 0 Å². The van der Waals surface area contributed by atoms with Crippen LogP contribution in [0.15, 0.2) is 12.1 Å². The first-order chi connectivity index (χ1) is 14.5. The van der Waals surface area contributed by atoms with Gasteiger partial charge in [0.2, 0.25) is 5.82 Å². The van der Waals surface area contributed by atoms with Gasteiger partial charge in [-0.1, -0.05) is 32.3 Å². The minimum absolute atomic E-state index is 0.0669. The molecule has 0 saturated heterocycles. The third-order valence-corrected chi connectivity index (χ3v) is 8.73. The van der Waals surface area contributed by atoms with E-state index in [1.807, 2.05) is 0 Å². The Labute approximate surface area is 182 Å². The van der Waals surface area contributed by atoms with Crippen LogP contribution in [0.2, 0.25) is 0 Å². The average Bonchev–Trinajstić information content (AvgIpc) is 2.77. The number of hydrogen-bond donors (Lipinski definition) is 0. The number of halogens is 2. The van der Waals surface area contributed by atoms with Crippen LogP contribution in [0.4, 0.5) is 8.78 Å². The zero-order valence-electron chi connectivity index (χ0n) is 19.0. The van der Waals surface area contributed by atoms with E-state index in [2.05, 4.69) is 6.92 Å². The zero-order valence-corrected chi connectivity index (χ0v) is 19.0. The summed E-state index contributed by atoms with van der Waals surface area (Å²) in [6.45, 7) is 4.42. The molecule has 3 aliphatic rings. The highest BCUT2D eigenvalue weighted by Gasteiger charge is 2.38. The van der Waals surface area contributed by atoms with Gasteiger partial charge in [0.25, 0.3) is 0 Å². The van der Waals surface area contributed by atoms with E-state index in [9.17, 15) is 8.78 Å². The first-order valence-electron chi connectivity index (χ1n) is 12.6. The van der Waals surface area contributed by atoms with E-state index >= 15 is 0 Å². The third kappa shape index (κ3) is 5.02. The number of rotatable bonds is 6. The Kier molecular flexibility index (Phi) is 7.36. The summed E-state index contributed by atoms with van der Waals surface area (Å²) in [6.07, 6.45) is 16.6. The van der Waals surface area contributed by atoms with Crippen LogP contribution in [0, 0.1) is 54.1 Å². The van der Waals surface area contributed by atoms with Crippen molar-refractivity contribution in [3.05, 3.63) is 29.3 Å². The van der Waals surface area contributed by atoms with E-state index < -0.39 is 11.6 Å². The fraction of sp³-hybridized carbons (Fsp3) is 0.778. The van der Waals surface area contributed by atoms with Crippen LogP contribution in [0.3, 0.4) is 0 Å². The molecule has 0 heterocycles. The Morgan fingerprint density at radius 2 is 1.37 bits per heavy atom. The molecule has 0 aliphatic heterocycles. The second kappa shape index (κ2) is 10.0. The lowest BCUT2D eigenvalue weighted by molar-refractivity contribution is 0.0544. The summed E-state index contributed by atoms with van der Waals surface area (Å²) in [5.74, 6) is 3.75. The van der Waals surface area contributed by atoms with Crippen LogP contribution in [-0.4, -0.2) is 6.61 Å². The molecule has 0 aromatic heterocycles. The van der Waals surface area contributed by atoms with Gasteiger partial charge in [0.1, 0.15) is 0 Å². The van der Waals surface area contributed by atoms with Crippen LogP contribution in [-0.2, 0) is 0 Å². The van der Waals surface area contributed by atoms with Crippen molar-refractivity contribution in [2.75, 3.05) is 6.61 Å². The third-order valence-electron chi connectivity index (χ3n) is 8.73. The highest BCUT2D eigenvalue weighted by Crippen LogP contribution is 2.49. The minimum atomic E-state index is -0.839. The zero-order chi connectivity index (χ0) is 21.1. The van der Waals surface area contributed by atoms with Crippen molar-refractivity contribution in [1.82, 2.24) is 0 Å². The van der Waals surface area contributed by atoms with Crippen LogP contribution >= 0.6 is 0 Å². The summed E-state index contributed by atoms with van der Waals surface area (Å²) in [5, 5.41) is 0. The molecule has 1 aromatic carbocycles. The highest BCUT2D eigenvalue weighted by atomic mass is 19.2. The molecule has 3 aliphatic carbocycles. The van der Waals surface area contributed by atoms with Crippen molar-refractivity contribution >= 4 is 0 Å². The first kappa shape index (κ1) is 22.1. The molecule has 4 unspecified atom stereocenters. The first-order valence-corrected chi connectivity index (χ1v) is 12.6. The lowest BCUT2D eigenvalue weighted by Gasteiger charge is -2.45. The molecule has 0 radical (unpaired) electrons.